The molecule has 1 aromatic rings. The Hall–Kier alpha value is -1.87. The standard InChI is InChI=1S/C12H15N3O6/c13-15-14-6-1-3-7(4-2-6)20-12-11(19)10(18)9(17)8(5-16)21-12/h1-4,8-12,16-19H,5H2/t8-,9+,10+,11-,12+/m1/s1. The van der Waals surface area contributed by atoms with Crippen LogP contribution in [0.1, 0.15) is 0 Å². The summed E-state index contributed by atoms with van der Waals surface area (Å²) >= 11 is 0. The molecule has 0 bridgehead atoms. The molecule has 1 aromatic carbocycles. The predicted octanol–water partition coefficient (Wildman–Crippen LogP) is -0.193. The van der Waals surface area contributed by atoms with Gasteiger partial charge in [-0.3, -0.25) is 0 Å². The van der Waals surface area contributed by atoms with E-state index < -0.39 is 37.3 Å². The minimum Gasteiger partial charge on any atom is -0.462 e. The number of rotatable bonds is 4. The zero-order chi connectivity index (χ0) is 15.4. The molecule has 0 unspecified atom stereocenters. The van der Waals surface area contributed by atoms with Gasteiger partial charge in [0.1, 0.15) is 30.2 Å². The number of ether oxygens (including phenoxy) is 2. The number of aliphatic hydroxyl groups excluding tert-OH is 4. The molecule has 9 heteroatoms. The van der Waals surface area contributed by atoms with Gasteiger partial charge in [-0.1, -0.05) is 5.11 Å². The normalized spacial score (nSPS) is 32.3. The van der Waals surface area contributed by atoms with E-state index in [-0.39, 0.29) is 0 Å². The quantitative estimate of drug-likeness (QED) is 0.344. The Morgan fingerprint density at radius 3 is 2.38 bits per heavy atom. The maximum absolute atomic E-state index is 9.81. The van der Waals surface area contributed by atoms with E-state index in [1.54, 1.807) is 0 Å². The van der Waals surface area contributed by atoms with Crippen LogP contribution in [0, 0.1) is 0 Å². The van der Waals surface area contributed by atoms with Gasteiger partial charge in [-0.05, 0) is 29.8 Å². The van der Waals surface area contributed by atoms with Gasteiger partial charge in [0.15, 0.2) is 0 Å². The third kappa shape index (κ3) is 3.42. The van der Waals surface area contributed by atoms with E-state index in [4.69, 9.17) is 20.1 Å². The summed E-state index contributed by atoms with van der Waals surface area (Å²) in [5.41, 5.74) is 8.68. The van der Waals surface area contributed by atoms with Crippen LogP contribution in [0.3, 0.4) is 0 Å². The first-order valence-electron chi connectivity index (χ1n) is 6.19. The van der Waals surface area contributed by atoms with Crippen LogP contribution in [0.4, 0.5) is 5.69 Å². The predicted molar refractivity (Wildman–Crippen MR) is 69.6 cm³/mol. The van der Waals surface area contributed by atoms with E-state index in [0.717, 1.165) is 0 Å². The monoisotopic (exact) mass is 297 g/mol. The minimum absolute atomic E-state index is 0.302. The fourth-order valence-electron chi connectivity index (χ4n) is 1.94. The molecule has 114 valence electrons. The molecule has 21 heavy (non-hydrogen) atoms. The molecule has 1 heterocycles. The van der Waals surface area contributed by atoms with E-state index >= 15 is 0 Å². The number of hydrogen-bond donors (Lipinski definition) is 4. The zero-order valence-corrected chi connectivity index (χ0v) is 10.9. The molecule has 2 rings (SSSR count). The zero-order valence-electron chi connectivity index (χ0n) is 10.9. The summed E-state index contributed by atoms with van der Waals surface area (Å²) in [6, 6.07) is 5.98. The molecular weight excluding hydrogens is 282 g/mol. The Balaban J connectivity index is 2.08. The number of hydrogen-bond acceptors (Lipinski definition) is 7. The lowest BCUT2D eigenvalue weighted by Gasteiger charge is -2.39. The molecule has 0 radical (unpaired) electrons. The Labute approximate surface area is 119 Å². The van der Waals surface area contributed by atoms with Gasteiger partial charge in [-0.2, -0.15) is 0 Å². The Morgan fingerprint density at radius 2 is 1.81 bits per heavy atom. The molecule has 1 aliphatic heterocycles. The van der Waals surface area contributed by atoms with Gasteiger partial charge >= 0.3 is 0 Å². The Kier molecular flexibility index (Phi) is 4.97. The van der Waals surface area contributed by atoms with Crippen LogP contribution in [0.15, 0.2) is 29.4 Å². The molecule has 0 amide bonds. The molecule has 1 aliphatic rings. The number of nitrogens with zero attached hydrogens (tertiary/aromatic N) is 3. The van der Waals surface area contributed by atoms with Crippen molar-refractivity contribution in [2.45, 2.75) is 30.7 Å². The summed E-state index contributed by atoms with van der Waals surface area (Å²) in [5, 5.41) is 41.5. The summed E-state index contributed by atoms with van der Waals surface area (Å²) in [6.07, 6.45) is -6.68. The highest BCUT2D eigenvalue weighted by molar-refractivity contribution is 5.41. The van der Waals surface area contributed by atoms with Crippen molar-refractivity contribution >= 4 is 5.69 Å². The summed E-state index contributed by atoms with van der Waals surface area (Å²) in [5.74, 6) is 0.302. The third-order valence-electron chi connectivity index (χ3n) is 3.10. The average molecular weight is 297 g/mol. The first kappa shape index (κ1) is 15.5. The van der Waals surface area contributed by atoms with E-state index in [0.29, 0.717) is 11.4 Å². The lowest BCUT2D eigenvalue weighted by atomic mass is 9.99. The number of azide groups is 1. The van der Waals surface area contributed by atoms with Crippen molar-refractivity contribution in [2.24, 2.45) is 5.11 Å². The maximum atomic E-state index is 9.81. The smallest absolute Gasteiger partial charge is 0.229 e. The highest BCUT2D eigenvalue weighted by Gasteiger charge is 2.44. The summed E-state index contributed by atoms with van der Waals surface area (Å²) in [6.45, 7) is -0.527. The first-order chi connectivity index (χ1) is 10.1. The molecule has 4 N–H and O–H groups in total. The molecule has 1 saturated heterocycles. The van der Waals surface area contributed by atoms with Crippen LogP contribution in [-0.4, -0.2) is 57.7 Å². The van der Waals surface area contributed by atoms with E-state index in [1.807, 2.05) is 0 Å². The van der Waals surface area contributed by atoms with Crippen LogP contribution in [-0.2, 0) is 4.74 Å². The average Bonchev–Trinajstić information content (AvgIpc) is 2.50. The first-order valence-corrected chi connectivity index (χ1v) is 6.19. The second kappa shape index (κ2) is 6.72. The van der Waals surface area contributed by atoms with E-state index in [2.05, 4.69) is 10.0 Å². The third-order valence-corrected chi connectivity index (χ3v) is 3.10. The van der Waals surface area contributed by atoms with Crippen molar-refractivity contribution < 1.29 is 29.9 Å². The minimum atomic E-state index is -1.50. The fraction of sp³-hybridized carbons (Fsp3) is 0.500. The second-order valence-corrected chi connectivity index (χ2v) is 4.50. The van der Waals surface area contributed by atoms with Crippen molar-refractivity contribution in [2.75, 3.05) is 6.61 Å². The van der Waals surface area contributed by atoms with Gasteiger partial charge in [0.2, 0.25) is 6.29 Å². The SMILES string of the molecule is [N-]=[N+]=Nc1ccc(O[C@H]2O[C@H](CO)[C@H](O)[C@H](O)[C@H]2O)cc1. The summed E-state index contributed by atoms with van der Waals surface area (Å²) < 4.78 is 10.6. The van der Waals surface area contributed by atoms with E-state index in [1.165, 1.54) is 24.3 Å². The van der Waals surface area contributed by atoms with Crippen LogP contribution in [0.5, 0.6) is 5.75 Å². The van der Waals surface area contributed by atoms with Crippen molar-refractivity contribution in [3.8, 4) is 5.75 Å². The lowest BCUT2D eigenvalue weighted by molar-refractivity contribution is -0.277. The van der Waals surface area contributed by atoms with Crippen molar-refractivity contribution in [3.63, 3.8) is 0 Å². The lowest BCUT2D eigenvalue weighted by Crippen LogP contribution is -2.60. The molecule has 0 saturated carbocycles. The molecule has 0 aliphatic carbocycles. The molecule has 5 atom stereocenters. The Morgan fingerprint density at radius 1 is 1.14 bits per heavy atom. The van der Waals surface area contributed by atoms with Crippen molar-refractivity contribution in [1.29, 1.82) is 0 Å². The molecule has 9 nitrogen and oxygen atoms in total. The van der Waals surface area contributed by atoms with Gasteiger partial charge in [-0.25, -0.2) is 0 Å². The van der Waals surface area contributed by atoms with Crippen LogP contribution in [0.25, 0.3) is 10.4 Å². The molecule has 0 spiro atoms. The second-order valence-electron chi connectivity index (χ2n) is 4.50. The summed E-state index contributed by atoms with van der Waals surface area (Å²) in [4.78, 5) is 2.63. The molecular formula is C12H15N3O6. The van der Waals surface area contributed by atoms with Crippen molar-refractivity contribution in [1.82, 2.24) is 0 Å². The van der Waals surface area contributed by atoms with Crippen LogP contribution in [0.2, 0.25) is 0 Å². The van der Waals surface area contributed by atoms with Crippen LogP contribution >= 0.6 is 0 Å². The maximum Gasteiger partial charge on any atom is 0.229 e. The van der Waals surface area contributed by atoms with Gasteiger partial charge in [0.25, 0.3) is 0 Å². The largest absolute Gasteiger partial charge is 0.462 e. The van der Waals surface area contributed by atoms with Gasteiger partial charge in [-0.15, -0.1) is 0 Å². The highest BCUT2D eigenvalue weighted by atomic mass is 16.7. The van der Waals surface area contributed by atoms with Gasteiger partial charge in [0.05, 0.1) is 6.61 Å². The highest BCUT2D eigenvalue weighted by Crippen LogP contribution is 2.25. The van der Waals surface area contributed by atoms with Crippen molar-refractivity contribution in [3.05, 3.63) is 34.7 Å². The van der Waals surface area contributed by atoms with Gasteiger partial charge < -0.3 is 29.9 Å². The number of benzene rings is 1. The van der Waals surface area contributed by atoms with E-state index in [9.17, 15) is 15.3 Å². The fourth-order valence-corrected chi connectivity index (χ4v) is 1.94. The topological polar surface area (TPSA) is 148 Å². The Bertz CT molecular complexity index is 516. The summed E-state index contributed by atoms with van der Waals surface area (Å²) in [7, 11) is 0. The molecule has 0 aromatic heterocycles. The van der Waals surface area contributed by atoms with Gasteiger partial charge in [0, 0.05) is 10.6 Å². The number of aliphatic hydroxyl groups is 4. The molecule has 1 fully saturated rings. The van der Waals surface area contributed by atoms with Crippen LogP contribution < -0.4 is 4.74 Å².